The number of carbonyl (C=O) groups is 1. The van der Waals surface area contributed by atoms with E-state index in [4.69, 9.17) is 23.2 Å². The number of rotatable bonds is 3. The first-order valence-electron chi connectivity index (χ1n) is 7.71. The number of allylic oxidation sites excluding steroid dienone is 1. The first kappa shape index (κ1) is 16.7. The van der Waals surface area contributed by atoms with E-state index in [9.17, 15) is 4.79 Å². The van der Waals surface area contributed by atoms with Gasteiger partial charge in [0.05, 0.1) is 11.2 Å². The first-order valence-corrected chi connectivity index (χ1v) is 8.46. The molecule has 24 heavy (non-hydrogen) atoms. The van der Waals surface area contributed by atoms with Gasteiger partial charge < -0.3 is 0 Å². The van der Waals surface area contributed by atoms with E-state index in [1.54, 1.807) is 30.5 Å². The Labute approximate surface area is 151 Å². The maximum absolute atomic E-state index is 12.1. The number of hydrazone groups is 1. The lowest BCUT2D eigenvalue weighted by molar-refractivity contribution is 0.0955. The standard InChI is InChI=1S/C19H16Cl2N2O/c20-16-9-4-7-14(11-16)19(24)23-22-12-15-8-3-6-13-5-1-2-10-17(13)18(15)21/h1-2,4-5,7,9-12H,3,6,8H2,(H,23,24)/b22-12+. The van der Waals surface area contributed by atoms with E-state index in [1.807, 2.05) is 18.2 Å². The monoisotopic (exact) mass is 358 g/mol. The van der Waals surface area contributed by atoms with Crippen molar-refractivity contribution in [2.45, 2.75) is 19.3 Å². The van der Waals surface area contributed by atoms with Crippen LogP contribution in [0.4, 0.5) is 0 Å². The Morgan fingerprint density at radius 1 is 1.08 bits per heavy atom. The molecule has 1 amide bonds. The molecule has 0 aliphatic heterocycles. The zero-order valence-electron chi connectivity index (χ0n) is 12.9. The number of hydrogen-bond acceptors (Lipinski definition) is 2. The third kappa shape index (κ3) is 3.86. The van der Waals surface area contributed by atoms with Crippen LogP contribution in [0.5, 0.6) is 0 Å². The van der Waals surface area contributed by atoms with Gasteiger partial charge in [0.1, 0.15) is 0 Å². The molecule has 5 heteroatoms. The summed E-state index contributed by atoms with van der Waals surface area (Å²) in [6.07, 6.45) is 4.44. The van der Waals surface area contributed by atoms with Gasteiger partial charge in [0.15, 0.2) is 0 Å². The highest BCUT2D eigenvalue weighted by atomic mass is 35.5. The molecule has 1 N–H and O–H groups in total. The van der Waals surface area contributed by atoms with Gasteiger partial charge in [0, 0.05) is 10.6 Å². The van der Waals surface area contributed by atoms with Gasteiger partial charge in [-0.25, -0.2) is 5.43 Å². The SMILES string of the molecule is O=C(N/N=C/C1=C(Cl)c2ccccc2CCC1)c1cccc(Cl)c1. The minimum Gasteiger partial charge on any atom is -0.267 e. The highest BCUT2D eigenvalue weighted by molar-refractivity contribution is 6.50. The molecule has 0 fully saturated rings. The van der Waals surface area contributed by atoms with Crippen LogP contribution in [-0.2, 0) is 6.42 Å². The van der Waals surface area contributed by atoms with E-state index in [2.05, 4.69) is 16.6 Å². The molecule has 1 aliphatic rings. The number of aryl methyl sites for hydroxylation is 1. The lowest BCUT2D eigenvalue weighted by atomic mass is 10.0. The average Bonchev–Trinajstić information content (AvgIpc) is 2.75. The number of hydrogen-bond donors (Lipinski definition) is 1. The molecule has 0 heterocycles. The molecule has 122 valence electrons. The summed E-state index contributed by atoms with van der Waals surface area (Å²) in [5.74, 6) is -0.306. The predicted molar refractivity (Wildman–Crippen MR) is 99.6 cm³/mol. The summed E-state index contributed by atoms with van der Waals surface area (Å²) in [6, 6.07) is 14.8. The van der Waals surface area contributed by atoms with Gasteiger partial charge in [0.2, 0.25) is 0 Å². The summed E-state index contributed by atoms with van der Waals surface area (Å²) >= 11 is 12.4. The van der Waals surface area contributed by atoms with Gasteiger partial charge in [-0.1, -0.05) is 53.5 Å². The average molecular weight is 359 g/mol. The van der Waals surface area contributed by atoms with Gasteiger partial charge >= 0.3 is 0 Å². The van der Waals surface area contributed by atoms with Crippen molar-refractivity contribution in [2.24, 2.45) is 5.10 Å². The fourth-order valence-corrected chi connectivity index (χ4v) is 3.21. The summed E-state index contributed by atoms with van der Waals surface area (Å²) in [7, 11) is 0. The van der Waals surface area contributed by atoms with Crippen LogP contribution in [0.15, 0.2) is 59.2 Å². The second-order valence-corrected chi connectivity index (χ2v) is 6.37. The Morgan fingerprint density at radius 3 is 2.75 bits per heavy atom. The second kappa shape index (κ2) is 7.65. The molecule has 0 saturated heterocycles. The van der Waals surface area contributed by atoms with Crippen LogP contribution in [-0.4, -0.2) is 12.1 Å². The molecule has 0 spiro atoms. The maximum atomic E-state index is 12.1. The molecule has 0 saturated carbocycles. The number of nitrogens with zero attached hydrogens (tertiary/aromatic N) is 1. The van der Waals surface area contributed by atoms with Crippen LogP contribution in [0, 0.1) is 0 Å². The largest absolute Gasteiger partial charge is 0.271 e. The van der Waals surface area contributed by atoms with Crippen LogP contribution < -0.4 is 5.43 Å². The van der Waals surface area contributed by atoms with Gasteiger partial charge in [-0.15, -0.1) is 0 Å². The zero-order valence-corrected chi connectivity index (χ0v) is 14.4. The van der Waals surface area contributed by atoms with Crippen molar-refractivity contribution >= 4 is 40.4 Å². The van der Waals surface area contributed by atoms with Crippen molar-refractivity contribution in [3.8, 4) is 0 Å². The van der Waals surface area contributed by atoms with Crippen LogP contribution in [0.3, 0.4) is 0 Å². The van der Waals surface area contributed by atoms with E-state index in [0.29, 0.717) is 15.6 Å². The van der Waals surface area contributed by atoms with Crippen LogP contribution in [0.25, 0.3) is 5.03 Å². The second-order valence-electron chi connectivity index (χ2n) is 5.56. The summed E-state index contributed by atoms with van der Waals surface area (Å²) in [6.45, 7) is 0. The molecule has 0 radical (unpaired) electrons. The molecular formula is C19H16Cl2N2O. The Bertz CT molecular complexity index is 828. The molecule has 2 aromatic carbocycles. The Balaban J connectivity index is 1.75. The molecule has 2 aromatic rings. The number of benzene rings is 2. The molecule has 3 rings (SSSR count). The normalized spacial score (nSPS) is 14.4. The predicted octanol–water partition coefficient (Wildman–Crippen LogP) is 5.04. The summed E-state index contributed by atoms with van der Waals surface area (Å²) < 4.78 is 0. The minimum atomic E-state index is -0.306. The van der Waals surface area contributed by atoms with Crippen molar-refractivity contribution in [1.29, 1.82) is 0 Å². The maximum Gasteiger partial charge on any atom is 0.271 e. The van der Waals surface area contributed by atoms with Gasteiger partial charge in [-0.2, -0.15) is 5.10 Å². The quantitative estimate of drug-likeness (QED) is 0.605. The number of halogens is 2. The highest BCUT2D eigenvalue weighted by Gasteiger charge is 2.14. The molecular weight excluding hydrogens is 343 g/mol. The first-order chi connectivity index (χ1) is 11.6. The molecule has 3 nitrogen and oxygen atoms in total. The topological polar surface area (TPSA) is 41.5 Å². The van der Waals surface area contributed by atoms with Crippen molar-refractivity contribution in [2.75, 3.05) is 0 Å². The number of fused-ring (bicyclic) bond motifs is 1. The van der Waals surface area contributed by atoms with E-state index in [0.717, 1.165) is 30.4 Å². The van der Waals surface area contributed by atoms with Crippen LogP contribution in [0.2, 0.25) is 5.02 Å². The third-order valence-corrected chi connectivity index (χ3v) is 4.58. The zero-order chi connectivity index (χ0) is 16.9. The molecule has 0 unspecified atom stereocenters. The Morgan fingerprint density at radius 2 is 1.92 bits per heavy atom. The fraction of sp³-hybridized carbons (Fsp3) is 0.158. The smallest absolute Gasteiger partial charge is 0.267 e. The molecule has 0 bridgehead atoms. The summed E-state index contributed by atoms with van der Waals surface area (Å²) in [4.78, 5) is 12.1. The number of amides is 1. The van der Waals surface area contributed by atoms with E-state index >= 15 is 0 Å². The van der Waals surface area contributed by atoms with Gasteiger partial charge in [-0.05, 0) is 54.2 Å². The van der Waals surface area contributed by atoms with E-state index in [-0.39, 0.29) is 5.91 Å². The van der Waals surface area contributed by atoms with Crippen LogP contribution in [0.1, 0.15) is 34.3 Å². The Kier molecular flexibility index (Phi) is 5.34. The van der Waals surface area contributed by atoms with E-state index < -0.39 is 0 Å². The molecule has 0 aromatic heterocycles. The van der Waals surface area contributed by atoms with Crippen molar-refractivity contribution in [3.05, 3.63) is 75.8 Å². The van der Waals surface area contributed by atoms with E-state index in [1.165, 1.54) is 5.56 Å². The Hall–Kier alpha value is -2.10. The summed E-state index contributed by atoms with van der Waals surface area (Å²) in [5.41, 5.74) is 6.19. The summed E-state index contributed by atoms with van der Waals surface area (Å²) in [5, 5.41) is 5.27. The lowest BCUT2D eigenvalue weighted by Gasteiger charge is -2.05. The van der Waals surface area contributed by atoms with Crippen molar-refractivity contribution in [1.82, 2.24) is 5.43 Å². The number of nitrogens with one attached hydrogen (secondary N) is 1. The van der Waals surface area contributed by atoms with Crippen molar-refractivity contribution in [3.63, 3.8) is 0 Å². The highest BCUT2D eigenvalue weighted by Crippen LogP contribution is 2.32. The van der Waals surface area contributed by atoms with Gasteiger partial charge in [0.25, 0.3) is 5.91 Å². The van der Waals surface area contributed by atoms with Crippen LogP contribution >= 0.6 is 23.2 Å². The lowest BCUT2D eigenvalue weighted by Crippen LogP contribution is -2.17. The fourth-order valence-electron chi connectivity index (χ4n) is 2.69. The third-order valence-electron chi connectivity index (χ3n) is 3.90. The van der Waals surface area contributed by atoms with Gasteiger partial charge in [-0.3, -0.25) is 4.79 Å². The number of carbonyl (C=O) groups excluding carboxylic acids is 1. The molecule has 1 aliphatic carbocycles. The van der Waals surface area contributed by atoms with Crippen molar-refractivity contribution < 1.29 is 4.79 Å². The minimum absolute atomic E-state index is 0.306. The molecule has 0 atom stereocenters.